The average molecular weight is 377 g/mol. The first-order valence-corrected chi connectivity index (χ1v) is 8.35. The Kier molecular flexibility index (Phi) is 6.47. The van der Waals surface area contributed by atoms with Crippen LogP contribution < -0.4 is 15.4 Å². The number of para-hydroxylation sites is 1. The Morgan fingerprint density at radius 3 is 2.70 bits per heavy atom. The third-order valence-corrected chi connectivity index (χ3v) is 3.71. The van der Waals surface area contributed by atoms with Gasteiger partial charge in [0.15, 0.2) is 0 Å². The molecule has 122 valence electrons. The van der Waals surface area contributed by atoms with Gasteiger partial charge in [-0.25, -0.2) is 0 Å². The molecule has 4 nitrogen and oxygen atoms in total. The van der Waals surface area contributed by atoms with Gasteiger partial charge in [-0.3, -0.25) is 4.79 Å². The number of halogens is 1. The predicted molar refractivity (Wildman–Crippen MR) is 98.0 cm³/mol. The fourth-order valence-corrected chi connectivity index (χ4v) is 2.34. The SMILES string of the molecule is CC(C)COc1cccc(NC(=O)CNc2ccccc2Br)c1. The molecule has 2 aromatic rings. The summed E-state index contributed by atoms with van der Waals surface area (Å²) in [5, 5.41) is 5.96. The number of carbonyl (C=O) groups is 1. The van der Waals surface area contributed by atoms with Crippen LogP contribution in [0.1, 0.15) is 13.8 Å². The van der Waals surface area contributed by atoms with Gasteiger partial charge in [-0.05, 0) is 46.1 Å². The third kappa shape index (κ3) is 5.94. The molecule has 5 heteroatoms. The molecule has 0 heterocycles. The average Bonchev–Trinajstić information content (AvgIpc) is 2.52. The normalized spacial score (nSPS) is 10.4. The highest BCUT2D eigenvalue weighted by molar-refractivity contribution is 9.10. The van der Waals surface area contributed by atoms with Gasteiger partial charge in [0.25, 0.3) is 0 Å². The van der Waals surface area contributed by atoms with E-state index in [4.69, 9.17) is 4.74 Å². The van der Waals surface area contributed by atoms with E-state index in [-0.39, 0.29) is 12.5 Å². The third-order valence-electron chi connectivity index (χ3n) is 3.01. The van der Waals surface area contributed by atoms with Crippen LogP contribution in [0.25, 0.3) is 0 Å². The van der Waals surface area contributed by atoms with E-state index in [0.717, 1.165) is 21.6 Å². The molecule has 0 spiro atoms. The van der Waals surface area contributed by atoms with Gasteiger partial charge in [-0.1, -0.05) is 32.0 Å². The second kappa shape index (κ2) is 8.58. The Hall–Kier alpha value is -2.01. The molecule has 0 aliphatic rings. The maximum atomic E-state index is 12.0. The molecule has 0 radical (unpaired) electrons. The Morgan fingerprint density at radius 1 is 1.17 bits per heavy atom. The van der Waals surface area contributed by atoms with Crippen molar-refractivity contribution >= 4 is 33.2 Å². The lowest BCUT2D eigenvalue weighted by Crippen LogP contribution is -2.21. The molecular formula is C18H21BrN2O2. The van der Waals surface area contributed by atoms with Crippen molar-refractivity contribution in [2.75, 3.05) is 23.8 Å². The summed E-state index contributed by atoms with van der Waals surface area (Å²) in [5.41, 5.74) is 1.61. The summed E-state index contributed by atoms with van der Waals surface area (Å²) in [6.45, 7) is 5.04. The highest BCUT2D eigenvalue weighted by atomic mass is 79.9. The van der Waals surface area contributed by atoms with Crippen LogP contribution in [0, 0.1) is 5.92 Å². The van der Waals surface area contributed by atoms with Crippen molar-refractivity contribution in [2.24, 2.45) is 5.92 Å². The van der Waals surface area contributed by atoms with E-state index in [1.807, 2.05) is 48.5 Å². The first-order chi connectivity index (χ1) is 11.0. The molecule has 0 aromatic heterocycles. The molecule has 2 rings (SSSR count). The van der Waals surface area contributed by atoms with Gasteiger partial charge in [-0.2, -0.15) is 0 Å². The zero-order valence-corrected chi connectivity index (χ0v) is 14.9. The van der Waals surface area contributed by atoms with E-state index >= 15 is 0 Å². The molecule has 0 saturated carbocycles. The van der Waals surface area contributed by atoms with Crippen LogP contribution >= 0.6 is 15.9 Å². The largest absolute Gasteiger partial charge is 0.493 e. The number of amides is 1. The number of benzene rings is 2. The van der Waals surface area contributed by atoms with Crippen LogP contribution in [0.3, 0.4) is 0 Å². The van der Waals surface area contributed by atoms with Gasteiger partial charge in [0.1, 0.15) is 5.75 Å². The van der Waals surface area contributed by atoms with Crippen LogP contribution in [0.5, 0.6) is 5.75 Å². The molecule has 0 atom stereocenters. The maximum Gasteiger partial charge on any atom is 0.243 e. The van der Waals surface area contributed by atoms with Crippen LogP contribution in [-0.2, 0) is 4.79 Å². The standard InChI is InChI=1S/C18H21BrN2O2/c1-13(2)12-23-15-7-5-6-14(10-15)21-18(22)11-20-17-9-4-3-8-16(17)19/h3-10,13,20H,11-12H2,1-2H3,(H,21,22). The fourth-order valence-electron chi connectivity index (χ4n) is 1.91. The topological polar surface area (TPSA) is 50.4 Å². The van der Waals surface area contributed by atoms with Crippen LogP contribution in [0.15, 0.2) is 53.0 Å². The van der Waals surface area contributed by atoms with E-state index in [2.05, 4.69) is 40.4 Å². The van der Waals surface area contributed by atoms with Gasteiger partial charge < -0.3 is 15.4 Å². The van der Waals surface area contributed by atoms with E-state index in [9.17, 15) is 4.79 Å². The van der Waals surface area contributed by atoms with Gasteiger partial charge in [0.05, 0.1) is 13.2 Å². The number of nitrogens with one attached hydrogen (secondary N) is 2. The number of rotatable bonds is 7. The minimum absolute atomic E-state index is 0.109. The number of hydrogen-bond acceptors (Lipinski definition) is 3. The summed E-state index contributed by atoms with van der Waals surface area (Å²) in [5.74, 6) is 1.11. The van der Waals surface area contributed by atoms with Crippen molar-refractivity contribution in [2.45, 2.75) is 13.8 Å². The lowest BCUT2D eigenvalue weighted by Gasteiger charge is -2.11. The number of anilines is 2. The molecule has 0 fully saturated rings. The summed E-state index contributed by atoms with van der Waals surface area (Å²) in [4.78, 5) is 12.0. The fraction of sp³-hybridized carbons (Fsp3) is 0.278. The minimum atomic E-state index is -0.109. The van der Waals surface area contributed by atoms with Crippen molar-refractivity contribution < 1.29 is 9.53 Å². The molecule has 23 heavy (non-hydrogen) atoms. The Morgan fingerprint density at radius 2 is 1.96 bits per heavy atom. The number of ether oxygens (including phenoxy) is 1. The maximum absolute atomic E-state index is 12.0. The quantitative estimate of drug-likeness (QED) is 0.745. The summed E-state index contributed by atoms with van der Waals surface area (Å²) >= 11 is 3.44. The van der Waals surface area contributed by atoms with Crippen molar-refractivity contribution in [1.29, 1.82) is 0 Å². The minimum Gasteiger partial charge on any atom is -0.493 e. The predicted octanol–water partition coefficient (Wildman–Crippen LogP) is 4.53. The highest BCUT2D eigenvalue weighted by Gasteiger charge is 2.05. The van der Waals surface area contributed by atoms with Crippen molar-refractivity contribution in [1.82, 2.24) is 0 Å². The van der Waals surface area contributed by atoms with Gasteiger partial charge in [0, 0.05) is 21.9 Å². The van der Waals surface area contributed by atoms with E-state index in [0.29, 0.717) is 12.5 Å². The summed E-state index contributed by atoms with van der Waals surface area (Å²) < 4.78 is 6.59. The number of hydrogen-bond donors (Lipinski definition) is 2. The van der Waals surface area contributed by atoms with Crippen molar-refractivity contribution in [3.63, 3.8) is 0 Å². The molecule has 0 unspecified atom stereocenters. The molecule has 0 saturated heterocycles. The molecule has 0 aliphatic carbocycles. The Bertz CT molecular complexity index is 659. The molecular weight excluding hydrogens is 356 g/mol. The zero-order chi connectivity index (χ0) is 16.7. The molecule has 2 aromatic carbocycles. The summed E-state index contributed by atoms with van der Waals surface area (Å²) in [7, 11) is 0. The van der Waals surface area contributed by atoms with Crippen LogP contribution in [0.2, 0.25) is 0 Å². The van der Waals surface area contributed by atoms with E-state index < -0.39 is 0 Å². The summed E-state index contributed by atoms with van der Waals surface area (Å²) in [6, 6.07) is 15.1. The van der Waals surface area contributed by atoms with Crippen LogP contribution in [0.4, 0.5) is 11.4 Å². The highest BCUT2D eigenvalue weighted by Crippen LogP contribution is 2.21. The number of carbonyl (C=O) groups excluding carboxylic acids is 1. The first kappa shape index (κ1) is 17.3. The first-order valence-electron chi connectivity index (χ1n) is 7.55. The van der Waals surface area contributed by atoms with Crippen molar-refractivity contribution in [3.05, 3.63) is 53.0 Å². The molecule has 2 N–H and O–H groups in total. The van der Waals surface area contributed by atoms with E-state index in [1.54, 1.807) is 0 Å². The summed E-state index contributed by atoms with van der Waals surface area (Å²) in [6.07, 6.45) is 0. The van der Waals surface area contributed by atoms with Crippen molar-refractivity contribution in [3.8, 4) is 5.75 Å². The lowest BCUT2D eigenvalue weighted by atomic mass is 10.2. The van der Waals surface area contributed by atoms with Gasteiger partial charge >= 0.3 is 0 Å². The van der Waals surface area contributed by atoms with Crippen LogP contribution in [-0.4, -0.2) is 19.1 Å². The smallest absolute Gasteiger partial charge is 0.243 e. The molecule has 1 amide bonds. The van der Waals surface area contributed by atoms with E-state index in [1.165, 1.54) is 0 Å². The Labute approximate surface area is 145 Å². The lowest BCUT2D eigenvalue weighted by molar-refractivity contribution is -0.114. The molecule has 0 bridgehead atoms. The Balaban J connectivity index is 1.87. The van der Waals surface area contributed by atoms with Gasteiger partial charge in [0.2, 0.25) is 5.91 Å². The second-order valence-corrected chi connectivity index (χ2v) is 6.47. The van der Waals surface area contributed by atoms with Gasteiger partial charge in [-0.15, -0.1) is 0 Å². The molecule has 0 aliphatic heterocycles. The zero-order valence-electron chi connectivity index (χ0n) is 13.3. The second-order valence-electron chi connectivity index (χ2n) is 5.61. The monoisotopic (exact) mass is 376 g/mol.